The Bertz CT molecular complexity index is 1260. The summed E-state index contributed by atoms with van der Waals surface area (Å²) < 4.78 is 2.72. The fourth-order valence-electron chi connectivity index (χ4n) is 4.25. The van der Waals surface area contributed by atoms with Crippen LogP contribution in [0.2, 0.25) is 0 Å². The maximum Gasteiger partial charge on any atom is 0.0355 e. The van der Waals surface area contributed by atoms with Gasteiger partial charge in [0.05, 0.1) is 0 Å². The number of aryl methyl sites for hydroxylation is 4. The number of rotatable bonds is 0. The second-order valence-corrected chi connectivity index (χ2v) is 8.69. The van der Waals surface area contributed by atoms with Gasteiger partial charge in [-0.2, -0.15) is 0 Å². The van der Waals surface area contributed by atoms with E-state index in [1.807, 2.05) is 11.3 Å². The van der Waals surface area contributed by atoms with Crippen LogP contribution >= 0.6 is 11.3 Å². The van der Waals surface area contributed by atoms with Crippen molar-refractivity contribution in [1.29, 1.82) is 0 Å². The first kappa shape index (κ1) is 16.5. The van der Waals surface area contributed by atoms with E-state index in [9.17, 15) is 0 Å². The summed E-state index contributed by atoms with van der Waals surface area (Å²) in [6, 6.07) is 22.8. The minimum atomic E-state index is 1.26. The molecule has 0 saturated carbocycles. The summed E-state index contributed by atoms with van der Waals surface area (Å²) in [6.07, 6.45) is 0. The Balaban J connectivity index is 2.07. The Hall–Kier alpha value is -2.64. The largest absolute Gasteiger partial charge is 0.135 e. The number of fused-ring (bicyclic) bond motifs is 4. The monoisotopic (exact) mass is 366 g/mol. The van der Waals surface area contributed by atoms with Crippen molar-refractivity contribution in [2.75, 3.05) is 0 Å². The van der Waals surface area contributed by atoms with Gasteiger partial charge in [-0.05, 0) is 95.8 Å². The lowest BCUT2D eigenvalue weighted by Crippen LogP contribution is -1.92. The smallest absolute Gasteiger partial charge is 0.0355 e. The molecule has 0 saturated heterocycles. The van der Waals surface area contributed by atoms with Gasteiger partial charge in [0.15, 0.2) is 0 Å². The van der Waals surface area contributed by atoms with Crippen LogP contribution in [0.4, 0.5) is 0 Å². The van der Waals surface area contributed by atoms with E-state index < -0.39 is 0 Å². The summed E-state index contributed by atoms with van der Waals surface area (Å²) in [4.78, 5) is 0. The molecule has 0 nitrogen and oxygen atoms in total. The van der Waals surface area contributed by atoms with Crippen molar-refractivity contribution in [3.8, 4) is 0 Å². The molecule has 27 heavy (non-hydrogen) atoms. The van der Waals surface area contributed by atoms with Crippen LogP contribution in [-0.2, 0) is 0 Å². The molecule has 0 radical (unpaired) electrons. The molecular weight excluding hydrogens is 344 g/mol. The lowest BCUT2D eigenvalue weighted by Gasteiger charge is -2.12. The van der Waals surface area contributed by atoms with E-state index in [2.05, 4.69) is 88.4 Å². The third kappa shape index (κ3) is 2.49. The maximum absolute atomic E-state index is 2.34. The summed E-state index contributed by atoms with van der Waals surface area (Å²) in [6.45, 7) is 8.99. The Morgan fingerprint density at radius 2 is 0.815 bits per heavy atom. The average molecular weight is 367 g/mol. The minimum Gasteiger partial charge on any atom is -0.135 e. The second kappa shape index (κ2) is 5.94. The minimum absolute atomic E-state index is 1.26. The van der Waals surface area contributed by atoms with Gasteiger partial charge in [-0.3, -0.25) is 0 Å². The van der Waals surface area contributed by atoms with Crippen LogP contribution in [0, 0.1) is 27.7 Å². The van der Waals surface area contributed by atoms with E-state index in [1.165, 1.54) is 64.0 Å². The van der Waals surface area contributed by atoms with Crippen molar-refractivity contribution in [1.82, 2.24) is 0 Å². The van der Waals surface area contributed by atoms with E-state index >= 15 is 0 Å². The quantitative estimate of drug-likeness (QED) is 0.259. The molecule has 6 bridgehead atoms. The first-order valence-corrected chi connectivity index (χ1v) is 10.3. The molecule has 0 aliphatic heterocycles. The highest BCUT2D eigenvalue weighted by Gasteiger charge is 2.08. The third-order valence-electron chi connectivity index (χ3n) is 6.14. The fraction of sp³-hybridized carbons (Fsp3) is 0.154. The van der Waals surface area contributed by atoms with E-state index in [4.69, 9.17) is 0 Å². The van der Waals surface area contributed by atoms with Crippen LogP contribution in [0.25, 0.3) is 41.7 Å². The van der Waals surface area contributed by atoms with Gasteiger partial charge in [-0.25, -0.2) is 0 Å². The van der Waals surface area contributed by atoms with Crippen LogP contribution in [0.5, 0.6) is 0 Å². The first-order valence-electron chi connectivity index (χ1n) is 9.46. The highest BCUT2D eigenvalue weighted by molar-refractivity contribution is 7.25. The summed E-state index contributed by atoms with van der Waals surface area (Å²) >= 11 is 1.88. The van der Waals surface area contributed by atoms with E-state index in [-0.39, 0.29) is 0 Å². The standard InChI is InChI=1S/C26H22S/c1-15-16(2)22-10-6-20-8-12-26-24(14-20)23-13-19(7-11-25(23)27-26)5-9-21(15)17(3)18(22)4/h5-14H,1-4H3. The number of hydrogen-bond acceptors (Lipinski definition) is 1. The van der Waals surface area contributed by atoms with Crippen LogP contribution < -0.4 is 0 Å². The molecule has 0 aliphatic rings. The Kier molecular flexibility index (Phi) is 3.63. The molecule has 0 atom stereocenters. The second-order valence-electron chi connectivity index (χ2n) is 7.61. The molecule has 6 rings (SSSR count). The third-order valence-corrected chi connectivity index (χ3v) is 7.30. The van der Waals surface area contributed by atoms with Crippen molar-refractivity contribution in [3.05, 3.63) is 82.9 Å². The van der Waals surface area contributed by atoms with Gasteiger partial charge in [0.25, 0.3) is 0 Å². The average Bonchev–Trinajstić information content (AvgIpc) is 3.03. The molecular formula is C26H22S. The van der Waals surface area contributed by atoms with Crippen LogP contribution in [0.15, 0.2) is 60.7 Å². The Morgan fingerprint density at radius 1 is 0.444 bits per heavy atom. The Labute approximate surface area is 163 Å². The van der Waals surface area contributed by atoms with Crippen LogP contribution in [0.1, 0.15) is 22.3 Å². The first-order chi connectivity index (χ1) is 13.0. The predicted octanol–water partition coefficient (Wildman–Crippen LogP) is 8.16. The molecule has 1 heterocycles. The van der Waals surface area contributed by atoms with Gasteiger partial charge in [-0.15, -0.1) is 11.3 Å². The van der Waals surface area contributed by atoms with Gasteiger partial charge in [-0.1, -0.05) is 36.4 Å². The van der Waals surface area contributed by atoms with Crippen molar-refractivity contribution in [2.45, 2.75) is 27.7 Å². The summed E-state index contributed by atoms with van der Waals surface area (Å²) in [7, 11) is 0. The van der Waals surface area contributed by atoms with E-state index in [0.717, 1.165) is 0 Å². The molecule has 0 spiro atoms. The summed E-state index contributed by atoms with van der Waals surface area (Å²) in [5.74, 6) is 0. The molecule has 0 fully saturated rings. The molecule has 1 heteroatoms. The molecule has 132 valence electrons. The van der Waals surface area contributed by atoms with Gasteiger partial charge in [0, 0.05) is 20.2 Å². The topological polar surface area (TPSA) is 0 Å². The van der Waals surface area contributed by atoms with E-state index in [1.54, 1.807) is 0 Å². The Morgan fingerprint density at radius 3 is 1.22 bits per heavy atom. The van der Waals surface area contributed by atoms with Gasteiger partial charge in [0.2, 0.25) is 0 Å². The van der Waals surface area contributed by atoms with E-state index in [0.29, 0.717) is 0 Å². The molecule has 0 aliphatic carbocycles. The summed E-state index contributed by atoms with van der Waals surface area (Å²) in [5, 5.41) is 7.96. The zero-order chi connectivity index (χ0) is 18.7. The van der Waals surface area contributed by atoms with Gasteiger partial charge in [0.1, 0.15) is 0 Å². The van der Waals surface area contributed by atoms with Crippen molar-refractivity contribution >= 4 is 53.1 Å². The zero-order valence-corrected chi connectivity index (χ0v) is 17.0. The van der Waals surface area contributed by atoms with Gasteiger partial charge < -0.3 is 0 Å². The van der Waals surface area contributed by atoms with Crippen molar-refractivity contribution < 1.29 is 0 Å². The zero-order valence-electron chi connectivity index (χ0n) is 16.2. The normalized spacial score (nSPS) is 11.7. The molecule has 0 amide bonds. The van der Waals surface area contributed by atoms with Crippen LogP contribution in [-0.4, -0.2) is 0 Å². The number of thiophene rings is 1. The molecule has 6 aromatic rings. The van der Waals surface area contributed by atoms with Crippen molar-refractivity contribution in [3.63, 3.8) is 0 Å². The summed E-state index contributed by atoms with van der Waals surface area (Å²) in [5.41, 5.74) is 5.50. The fourth-order valence-corrected chi connectivity index (χ4v) is 5.32. The molecule has 5 aromatic carbocycles. The van der Waals surface area contributed by atoms with Gasteiger partial charge >= 0.3 is 0 Å². The number of hydrogen-bond donors (Lipinski definition) is 0. The lowest BCUT2D eigenvalue weighted by atomic mass is 9.92. The molecule has 0 N–H and O–H groups in total. The maximum atomic E-state index is 2.34. The molecule has 0 unspecified atom stereocenters. The highest BCUT2D eigenvalue weighted by atomic mass is 32.1. The highest BCUT2D eigenvalue weighted by Crippen LogP contribution is 2.35. The molecule has 1 aromatic heterocycles. The number of benzene rings is 3. The SMILES string of the molecule is Cc1c(C)c2ccc3ccc4sc5ccc(ccc1c(C)c2C)cc5c4c3. The lowest BCUT2D eigenvalue weighted by molar-refractivity contribution is 1.32. The predicted molar refractivity (Wildman–Crippen MR) is 122 cm³/mol. The van der Waals surface area contributed by atoms with Crippen LogP contribution in [0.3, 0.4) is 0 Å². The van der Waals surface area contributed by atoms with Crippen molar-refractivity contribution in [2.24, 2.45) is 0 Å².